The van der Waals surface area contributed by atoms with E-state index >= 15 is 0 Å². The summed E-state index contributed by atoms with van der Waals surface area (Å²) in [6.07, 6.45) is 2.20. The van der Waals surface area contributed by atoms with Crippen LogP contribution >= 0.6 is 0 Å². The number of aromatic nitrogens is 2. The largest absolute Gasteiger partial charge is 0.483 e. The average molecular weight is 278 g/mol. The topological polar surface area (TPSA) is 27.1 Å². The van der Waals surface area contributed by atoms with Gasteiger partial charge in [0.2, 0.25) is 0 Å². The van der Waals surface area contributed by atoms with E-state index in [-0.39, 0.29) is 6.10 Å². The molecule has 3 aromatic rings. The van der Waals surface area contributed by atoms with Gasteiger partial charge in [-0.15, -0.1) is 0 Å². The van der Waals surface area contributed by atoms with Crippen molar-refractivity contribution in [3.05, 3.63) is 59.4 Å². The van der Waals surface area contributed by atoms with E-state index in [1.165, 1.54) is 11.1 Å². The molecule has 1 atom stereocenters. The molecule has 0 aliphatic carbocycles. The van der Waals surface area contributed by atoms with E-state index < -0.39 is 0 Å². The van der Waals surface area contributed by atoms with Crippen LogP contribution in [0.4, 0.5) is 0 Å². The normalized spacial score (nSPS) is 17.5. The van der Waals surface area contributed by atoms with Crippen LogP contribution in [0.25, 0.3) is 11.0 Å². The van der Waals surface area contributed by atoms with Crippen molar-refractivity contribution in [2.75, 3.05) is 0 Å². The van der Waals surface area contributed by atoms with Crippen molar-refractivity contribution in [1.82, 2.24) is 9.55 Å². The first-order valence-corrected chi connectivity index (χ1v) is 7.40. The van der Waals surface area contributed by atoms with Crippen LogP contribution < -0.4 is 4.74 Å². The summed E-state index contributed by atoms with van der Waals surface area (Å²) in [6.45, 7) is 2.03. The molecule has 2 aromatic carbocycles. The van der Waals surface area contributed by atoms with Crippen LogP contribution in [-0.4, -0.2) is 9.55 Å². The highest BCUT2D eigenvalue weighted by molar-refractivity contribution is 5.84. The maximum Gasteiger partial charge on any atom is 0.151 e. The summed E-state index contributed by atoms with van der Waals surface area (Å²) in [7, 11) is 2.05. The van der Waals surface area contributed by atoms with Gasteiger partial charge in [-0.05, 0) is 37.0 Å². The summed E-state index contributed by atoms with van der Waals surface area (Å²) in [5.74, 6) is 1.99. The Morgan fingerprint density at radius 2 is 1.95 bits per heavy atom. The van der Waals surface area contributed by atoms with Gasteiger partial charge in [0.15, 0.2) is 5.75 Å². The lowest BCUT2D eigenvalue weighted by atomic mass is 9.97. The number of hydrogen-bond donors (Lipinski definition) is 0. The number of nitrogens with zero attached hydrogens (tertiary/aromatic N) is 2. The Morgan fingerprint density at radius 1 is 1.14 bits per heavy atom. The Hall–Kier alpha value is -2.29. The standard InChI is InChI=1S/C18H18N2O/c1-12-19-17-15(20(12)2)10-8-14-9-11-16(21-18(14)17)13-6-4-3-5-7-13/h3-8,10,16H,9,11H2,1-2H3/t16-/m0/s1. The van der Waals surface area contributed by atoms with Crippen LogP contribution in [0.2, 0.25) is 0 Å². The molecule has 0 saturated heterocycles. The van der Waals surface area contributed by atoms with Gasteiger partial charge in [-0.25, -0.2) is 4.98 Å². The number of fused-ring (bicyclic) bond motifs is 3. The van der Waals surface area contributed by atoms with Gasteiger partial charge in [-0.3, -0.25) is 0 Å². The molecule has 1 aliphatic heterocycles. The molecule has 4 rings (SSSR count). The Morgan fingerprint density at radius 3 is 2.76 bits per heavy atom. The zero-order chi connectivity index (χ0) is 14.4. The lowest BCUT2D eigenvalue weighted by Crippen LogP contribution is -2.15. The van der Waals surface area contributed by atoms with Gasteiger partial charge in [-0.1, -0.05) is 36.4 Å². The molecule has 0 bridgehead atoms. The van der Waals surface area contributed by atoms with E-state index in [9.17, 15) is 0 Å². The van der Waals surface area contributed by atoms with E-state index in [0.29, 0.717) is 0 Å². The SMILES string of the molecule is Cc1nc2c3c(ccc2n1C)CC[C@@H](c1ccccc1)O3. The lowest BCUT2D eigenvalue weighted by Gasteiger charge is -2.26. The van der Waals surface area contributed by atoms with Crippen LogP contribution in [0.5, 0.6) is 5.75 Å². The summed E-state index contributed by atoms with van der Waals surface area (Å²) in [4.78, 5) is 4.69. The van der Waals surface area contributed by atoms with Gasteiger partial charge in [-0.2, -0.15) is 0 Å². The molecule has 3 heteroatoms. The Bertz CT molecular complexity index is 805. The summed E-state index contributed by atoms with van der Waals surface area (Å²) >= 11 is 0. The molecule has 0 radical (unpaired) electrons. The second kappa shape index (κ2) is 4.62. The minimum absolute atomic E-state index is 0.131. The van der Waals surface area contributed by atoms with Crippen molar-refractivity contribution < 1.29 is 4.74 Å². The highest BCUT2D eigenvalue weighted by Crippen LogP contribution is 2.39. The molecular weight excluding hydrogens is 260 g/mol. The minimum atomic E-state index is 0.131. The molecule has 0 N–H and O–H groups in total. The number of imidazole rings is 1. The van der Waals surface area contributed by atoms with Crippen molar-refractivity contribution in [1.29, 1.82) is 0 Å². The van der Waals surface area contributed by atoms with Crippen LogP contribution in [0.3, 0.4) is 0 Å². The zero-order valence-corrected chi connectivity index (χ0v) is 12.3. The summed E-state index contributed by atoms with van der Waals surface area (Å²) in [5, 5.41) is 0. The van der Waals surface area contributed by atoms with Gasteiger partial charge in [0.25, 0.3) is 0 Å². The van der Waals surface area contributed by atoms with E-state index in [1.807, 2.05) is 13.0 Å². The van der Waals surface area contributed by atoms with Crippen molar-refractivity contribution in [3.8, 4) is 5.75 Å². The van der Waals surface area contributed by atoms with Gasteiger partial charge < -0.3 is 9.30 Å². The maximum absolute atomic E-state index is 6.32. The molecule has 3 nitrogen and oxygen atoms in total. The lowest BCUT2D eigenvalue weighted by molar-refractivity contribution is 0.179. The van der Waals surface area contributed by atoms with E-state index in [4.69, 9.17) is 9.72 Å². The molecule has 0 spiro atoms. The molecule has 0 fully saturated rings. The van der Waals surface area contributed by atoms with E-state index in [2.05, 4.69) is 48.0 Å². The number of rotatable bonds is 1. The predicted molar refractivity (Wildman–Crippen MR) is 83.6 cm³/mol. The first-order valence-electron chi connectivity index (χ1n) is 7.40. The molecule has 0 unspecified atom stereocenters. The Kier molecular flexibility index (Phi) is 2.74. The summed E-state index contributed by atoms with van der Waals surface area (Å²) in [6, 6.07) is 14.8. The Balaban J connectivity index is 1.82. The first-order chi connectivity index (χ1) is 10.2. The van der Waals surface area contributed by atoms with Crippen LogP contribution in [0.1, 0.15) is 29.5 Å². The molecule has 0 saturated carbocycles. The monoisotopic (exact) mass is 278 g/mol. The van der Waals surface area contributed by atoms with Crippen molar-refractivity contribution in [3.63, 3.8) is 0 Å². The fraction of sp³-hybridized carbons (Fsp3) is 0.278. The molecule has 1 aliphatic rings. The number of hydrogen-bond acceptors (Lipinski definition) is 2. The van der Waals surface area contributed by atoms with Crippen LogP contribution in [0, 0.1) is 6.92 Å². The third-order valence-corrected chi connectivity index (χ3v) is 4.42. The molecule has 21 heavy (non-hydrogen) atoms. The third-order valence-electron chi connectivity index (χ3n) is 4.42. The summed E-state index contributed by atoms with van der Waals surface area (Å²) < 4.78 is 8.44. The highest BCUT2D eigenvalue weighted by atomic mass is 16.5. The van der Waals surface area contributed by atoms with Gasteiger partial charge in [0, 0.05) is 7.05 Å². The fourth-order valence-corrected chi connectivity index (χ4v) is 3.11. The van der Waals surface area contributed by atoms with Gasteiger partial charge in [0.1, 0.15) is 17.4 Å². The van der Waals surface area contributed by atoms with Crippen molar-refractivity contribution >= 4 is 11.0 Å². The van der Waals surface area contributed by atoms with E-state index in [1.54, 1.807) is 0 Å². The third kappa shape index (κ3) is 1.92. The smallest absolute Gasteiger partial charge is 0.151 e. The average Bonchev–Trinajstić information content (AvgIpc) is 2.83. The second-order valence-electron chi connectivity index (χ2n) is 5.70. The number of benzene rings is 2. The summed E-state index contributed by atoms with van der Waals surface area (Å²) in [5.41, 5.74) is 4.65. The number of aryl methyl sites for hydroxylation is 3. The minimum Gasteiger partial charge on any atom is -0.483 e. The van der Waals surface area contributed by atoms with Crippen molar-refractivity contribution in [2.24, 2.45) is 7.05 Å². The highest BCUT2D eigenvalue weighted by Gasteiger charge is 2.24. The quantitative estimate of drug-likeness (QED) is 0.674. The zero-order valence-electron chi connectivity index (χ0n) is 12.3. The molecule has 2 heterocycles. The van der Waals surface area contributed by atoms with Gasteiger partial charge >= 0.3 is 0 Å². The van der Waals surface area contributed by atoms with E-state index in [0.717, 1.165) is 35.4 Å². The van der Waals surface area contributed by atoms with Crippen LogP contribution in [-0.2, 0) is 13.5 Å². The molecular formula is C18H18N2O. The van der Waals surface area contributed by atoms with Crippen molar-refractivity contribution in [2.45, 2.75) is 25.9 Å². The first kappa shape index (κ1) is 12.5. The van der Waals surface area contributed by atoms with Gasteiger partial charge in [0.05, 0.1) is 5.52 Å². The van der Waals surface area contributed by atoms with Crippen LogP contribution in [0.15, 0.2) is 42.5 Å². The Labute approximate surface area is 124 Å². The number of ether oxygens (including phenoxy) is 1. The predicted octanol–water partition coefficient (Wildman–Crippen LogP) is 3.95. The maximum atomic E-state index is 6.32. The second-order valence-corrected chi connectivity index (χ2v) is 5.70. The fourth-order valence-electron chi connectivity index (χ4n) is 3.11. The molecule has 0 amide bonds. The molecule has 106 valence electrons. The molecule has 1 aromatic heterocycles.